The first-order chi connectivity index (χ1) is 18.0. The van der Waals surface area contributed by atoms with E-state index < -0.39 is 23.6 Å². The van der Waals surface area contributed by atoms with E-state index in [0.29, 0.717) is 23.0 Å². The van der Waals surface area contributed by atoms with Gasteiger partial charge in [0.25, 0.3) is 0 Å². The minimum Gasteiger partial charge on any atom is -0.362 e. The molecule has 2 unspecified atom stereocenters. The fraction of sp³-hybridized carbons (Fsp3) is 0.310. The number of nitrogens with one attached hydrogen (secondary N) is 3. The first kappa shape index (κ1) is 23.4. The number of allylic oxidation sites excluding steroid dienone is 2. The highest BCUT2D eigenvalue weighted by Crippen LogP contribution is 2.43. The van der Waals surface area contributed by atoms with Crippen molar-refractivity contribution >= 4 is 22.2 Å². The molecule has 3 fully saturated rings. The molecule has 3 aliphatic carbocycles. The van der Waals surface area contributed by atoms with Crippen LogP contribution < -0.4 is 10.6 Å². The zero-order valence-electron chi connectivity index (χ0n) is 19.9. The lowest BCUT2D eigenvalue weighted by molar-refractivity contribution is 0.114. The smallest absolute Gasteiger partial charge is 0.150 e. The van der Waals surface area contributed by atoms with Crippen LogP contribution in [0.4, 0.5) is 13.2 Å². The number of hydrogen-bond acceptors (Lipinski definition) is 4. The number of dihydropyridines is 1. The zero-order valence-corrected chi connectivity index (χ0v) is 19.9. The maximum Gasteiger partial charge on any atom is 0.150 e. The Morgan fingerprint density at radius 2 is 1.73 bits per heavy atom. The minimum absolute atomic E-state index is 0.0121. The molecule has 186 valence electrons. The zero-order chi connectivity index (χ0) is 25.7. The van der Waals surface area contributed by atoms with Gasteiger partial charge in [-0.05, 0) is 43.2 Å². The summed E-state index contributed by atoms with van der Waals surface area (Å²) in [5, 5.41) is 26.8. The van der Waals surface area contributed by atoms with E-state index in [1.807, 2.05) is 0 Å². The van der Waals surface area contributed by atoms with Crippen LogP contribution in [0, 0.1) is 46.1 Å². The van der Waals surface area contributed by atoms with Crippen molar-refractivity contribution in [2.75, 3.05) is 0 Å². The van der Waals surface area contributed by atoms with Gasteiger partial charge in [-0.15, -0.1) is 0 Å². The topological polar surface area (TPSA) is 87.4 Å². The first-order valence-electron chi connectivity index (χ1n) is 12.5. The van der Waals surface area contributed by atoms with E-state index in [2.05, 4.69) is 27.8 Å². The predicted molar refractivity (Wildman–Crippen MR) is 134 cm³/mol. The number of fused-ring (bicyclic) bond motifs is 4. The van der Waals surface area contributed by atoms with Gasteiger partial charge in [0.2, 0.25) is 0 Å². The van der Waals surface area contributed by atoms with Crippen LogP contribution in [0.25, 0.3) is 22.2 Å². The van der Waals surface area contributed by atoms with E-state index in [-0.39, 0.29) is 39.4 Å². The lowest BCUT2D eigenvalue weighted by atomic mass is 9.68. The van der Waals surface area contributed by atoms with Crippen molar-refractivity contribution in [2.24, 2.45) is 11.8 Å². The summed E-state index contributed by atoms with van der Waals surface area (Å²) in [5.41, 5.74) is 1.20. The largest absolute Gasteiger partial charge is 0.362 e. The molecule has 3 N–H and O–H groups in total. The van der Waals surface area contributed by atoms with Crippen LogP contribution in [-0.2, 0) is 0 Å². The Labute approximate surface area is 212 Å². The van der Waals surface area contributed by atoms with Gasteiger partial charge in [-0.2, -0.15) is 10.5 Å². The molecule has 2 bridgehead atoms. The SMILES string of the molecule is N#CC1=C(c2c[nH]c3c(F)cc(F)cc23)NC(NC2CC3CCC2CC3)C(F)=C1c1ccccc1C#N. The van der Waals surface area contributed by atoms with Gasteiger partial charge < -0.3 is 10.3 Å². The maximum atomic E-state index is 16.3. The fourth-order valence-electron chi connectivity index (χ4n) is 6.33. The van der Waals surface area contributed by atoms with Crippen molar-refractivity contribution in [1.82, 2.24) is 15.6 Å². The summed E-state index contributed by atoms with van der Waals surface area (Å²) < 4.78 is 45.0. The van der Waals surface area contributed by atoms with Crippen LogP contribution in [0.2, 0.25) is 0 Å². The third kappa shape index (κ3) is 3.89. The molecule has 2 heterocycles. The van der Waals surface area contributed by atoms with Crippen LogP contribution in [0.15, 0.2) is 54.0 Å². The lowest BCUT2D eigenvalue weighted by Crippen LogP contribution is -2.54. The third-order valence-electron chi connectivity index (χ3n) is 8.11. The predicted octanol–water partition coefficient (Wildman–Crippen LogP) is 6.03. The molecular weight excluding hydrogens is 475 g/mol. The summed E-state index contributed by atoms with van der Waals surface area (Å²) in [6.07, 6.45) is 6.04. The Hall–Kier alpha value is -4.01. The molecule has 0 radical (unpaired) electrons. The summed E-state index contributed by atoms with van der Waals surface area (Å²) in [6.45, 7) is 0. The number of nitrogens with zero attached hydrogens (tertiary/aromatic N) is 2. The Morgan fingerprint density at radius 3 is 2.43 bits per heavy atom. The first-order valence-corrected chi connectivity index (χ1v) is 12.5. The normalized spacial score (nSPS) is 25.2. The Bertz CT molecular complexity index is 1550. The second-order valence-corrected chi connectivity index (χ2v) is 10.1. The number of aromatic amines is 1. The van der Waals surface area contributed by atoms with Crippen molar-refractivity contribution < 1.29 is 13.2 Å². The molecule has 4 aliphatic rings. The highest BCUT2D eigenvalue weighted by molar-refractivity contribution is 6.02. The number of nitriles is 2. The highest BCUT2D eigenvalue weighted by Gasteiger charge is 2.39. The molecule has 3 saturated carbocycles. The second kappa shape index (κ2) is 9.14. The van der Waals surface area contributed by atoms with Gasteiger partial charge in [0, 0.05) is 40.4 Å². The molecule has 1 aromatic heterocycles. The van der Waals surface area contributed by atoms with Crippen molar-refractivity contribution in [1.29, 1.82) is 10.5 Å². The number of hydrogen-bond donors (Lipinski definition) is 3. The summed E-state index contributed by atoms with van der Waals surface area (Å²) >= 11 is 0. The van der Waals surface area contributed by atoms with E-state index >= 15 is 4.39 Å². The molecule has 0 amide bonds. The second-order valence-electron chi connectivity index (χ2n) is 10.1. The van der Waals surface area contributed by atoms with Gasteiger partial charge in [-0.25, -0.2) is 13.2 Å². The standard InChI is InChI=1S/C29H24F3N5/c30-18-10-20-22(14-35-28(20)23(31)11-18)27-21(13-34)25(19-4-2-1-3-17(19)12-33)26(32)29(37-27)36-24-9-15-5-7-16(24)8-6-15/h1-4,10-11,14-16,24,29,35-37H,5-9H2. The molecule has 37 heavy (non-hydrogen) atoms. The Kier molecular flexibility index (Phi) is 5.78. The summed E-state index contributed by atoms with van der Waals surface area (Å²) in [5.74, 6) is -1.05. The molecule has 2 atom stereocenters. The van der Waals surface area contributed by atoms with Crippen LogP contribution in [-0.4, -0.2) is 17.2 Å². The van der Waals surface area contributed by atoms with Crippen molar-refractivity contribution in [3.63, 3.8) is 0 Å². The van der Waals surface area contributed by atoms with Gasteiger partial charge in [0.15, 0.2) is 0 Å². The maximum absolute atomic E-state index is 16.3. The average Bonchev–Trinajstić information content (AvgIpc) is 3.34. The van der Waals surface area contributed by atoms with Gasteiger partial charge in [0.05, 0.1) is 28.4 Å². The molecule has 3 aromatic rings. The summed E-state index contributed by atoms with van der Waals surface area (Å²) in [4.78, 5) is 2.82. The van der Waals surface area contributed by atoms with Crippen LogP contribution >= 0.6 is 0 Å². The molecule has 0 saturated heterocycles. The summed E-state index contributed by atoms with van der Waals surface area (Å²) in [7, 11) is 0. The van der Waals surface area contributed by atoms with Gasteiger partial charge in [-0.3, -0.25) is 5.32 Å². The Morgan fingerprint density at radius 1 is 0.946 bits per heavy atom. The number of halogens is 3. The molecule has 2 aromatic carbocycles. The highest BCUT2D eigenvalue weighted by atomic mass is 19.1. The average molecular weight is 500 g/mol. The number of rotatable bonds is 4. The van der Waals surface area contributed by atoms with Crippen LogP contribution in [0.3, 0.4) is 0 Å². The van der Waals surface area contributed by atoms with Crippen LogP contribution in [0.1, 0.15) is 48.8 Å². The van der Waals surface area contributed by atoms with Gasteiger partial charge >= 0.3 is 0 Å². The van der Waals surface area contributed by atoms with Gasteiger partial charge in [0.1, 0.15) is 29.7 Å². The molecule has 7 rings (SSSR count). The quantitative estimate of drug-likeness (QED) is 0.409. The van der Waals surface area contributed by atoms with Crippen molar-refractivity contribution in [3.05, 3.63) is 82.3 Å². The summed E-state index contributed by atoms with van der Waals surface area (Å²) in [6, 6.07) is 12.8. The molecule has 5 nitrogen and oxygen atoms in total. The Balaban J connectivity index is 1.53. The number of H-pyrrole nitrogens is 1. The minimum atomic E-state index is -0.971. The number of benzene rings is 2. The van der Waals surface area contributed by atoms with Crippen molar-refractivity contribution in [2.45, 2.75) is 44.3 Å². The number of aromatic nitrogens is 1. The third-order valence-corrected chi connectivity index (χ3v) is 8.11. The monoisotopic (exact) mass is 499 g/mol. The van der Waals surface area contributed by atoms with E-state index in [4.69, 9.17) is 0 Å². The molecule has 8 heteroatoms. The molecular formula is C29H24F3N5. The molecule has 1 aliphatic heterocycles. The van der Waals surface area contributed by atoms with E-state index in [0.717, 1.165) is 25.3 Å². The van der Waals surface area contributed by atoms with E-state index in [9.17, 15) is 19.3 Å². The van der Waals surface area contributed by atoms with E-state index in [1.165, 1.54) is 25.1 Å². The lowest BCUT2D eigenvalue weighted by Gasteiger charge is -2.44. The van der Waals surface area contributed by atoms with Gasteiger partial charge in [-0.1, -0.05) is 31.0 Å². The van der Waals surface area contributed by atoms with E-state index in [1.54, 1.807) is 24.3 Å². The molecule has 0 spiro atoms. The van der Waals surface area contributed by atoms with Crippen LogP contribution in [0.5, 0.6) is 0 Å². The van der Waals surface area contributed by atoms with Crippen molar-refractivity contribution in [3.8, 4) is 12.1 Å². The fourth-order valence-corrected chi connectivity index (χ4v) is 6.33.